The summed E-state index contributed by atoms with van der Waals surface area (Å²) in [6.45, 7) is 6.42. The summed E-state index contributed by atoms with van der Waals surface area (Å²) in [5.41, 5.74) is 4.00. The van der Waals surface area contributed by atoms with E-state index in [1.165, 1.54) is 5.56 Å². The zero-order chi connectivity index (χ0) is 21.3. The van der Waals surface area contributed by atoms with E-state index in [1.807, 2.05) is 30.3 Å². The van der Waals surface area contributed by atoms with E-state index in [2.05, 4.69) is 41.2 Å². The highest BCUT2D eigenvalue weighted by molar-refractivity contribution is 6.04. The quantitative estimate of drug-likeness (QED) is 0.550. The fourth-order valence-electron chi connectivity index (χ4n) is 3.15. The number of fused-ring (bicyclic) bond motifs is 1. The van der Waals surface area contributed by atoms with Gasteiger partial charge in [0.05, 0.1) is 19.0 Å². The number of ether oxygens (including phenoxy) is 1. The van der Waals surface area contributed by atoms with E-state index in [0.29, 0.717) is 22.9 Å². The third kappa shape index (κ3) is 3.87. The van der Waals surface area contributed by atoms with Gasteiger partial charge >= 0.3 is 0 Å². The standard InChI is InChI=1S/C23H23N5O2/c1-23(2,3)17-8-5-15(6-9-17)22(29)27-19-13-18(28-20(26-19)11-12-25-28)16-7-10-21(30-4)24-14-16/h5-14H,1-4H3,(H,26,27,29). The topological polar surface area (TPSA) is 81.4 Å². The number of carbonyl (C=O) groups is 1. The van der Waals surface area contributed by atoms with Crippen molar-refractivity contribution < 1.29 is 9.53 Å². The number of hydrogen-bond donors (Lipinski definition) is 1. The SMILES string of the molecule is COc1ccc(-c2cc(NC(=O)c3ccc(C(C)(C)C)cc3)nc3ccnn23)cn1. The summed E-state index contributed by atoms with van der Waals surface area (Å²) in [5.74, 6) is 0.751. The molecule has 0 aliphatic heterocycles. The van der Waals surface area contributed by atoms with Crippen molar-refractivity contribution in [2.75, 3.05) is 12.4 Å². The van der Waals surface area contributed by atoms with E-state index < -0.39 is 0 Å². The molecule has 4 rings (SSSR count). The Labute approximate surface area is 174 Å². The Balaban J connectivity index is 1.65. The number of pyridine rings is 1. The molecule has 1 aromatic carbocycles. The van der Waals surface area contributed by atoms with Crippen molar-refractivity contribution in [1.29, 1.82) is 0 Å². The third-order valence-electron chi connectivity index (χ3n) is 4.86. The highest BCUT2D eigenvalue weighted by atomic mass is 16.5. The monoisotopic (exact) mass is 401 g/mol. The van der Waals surface area contributed by atoms with Gasteiger partial charge in [0, 0.05) is 35.5 Å². The second-order valence-electron chi connectivity index (χ2n) is 8.00. The van der Waals surface area contributed by atoms with Gasteiger partial charge < -0.3 is 10.1 Å². The van der Waals surface area contributed by atoms with Crippen molar-refractivity contribution in [1.82, 2.24) is 19.6 Å². The molecule has 0 aliphatic rings. The lowest BCUT2D eigenvalue weighted by Gasteiger charge is -2.19. The van der Waals surface area contributed by atoms with Crippen molar-refractivity contribution >= 4 is 17.4 Å². The molecule has 0 radical (unpaired) electrons. The largest absolute Gasteiger partial charge is 0.481 e. The molecule has 0 unspecified atom stereocenters. The molecule has 0 saturated heterocycles. The third-order valence-corrected chi connectivity index (χ3v) is 4.86. The van der Waals surface area contributed by atoms with E-state index in [1.54, 1.807) is 42.2 Å². The molecule has 0 atom stereocenters. The first-order valence-electron chi connectivity index (χ1n) is 9.62. The molecule has 152 valence electrons. The van der Waals surface area contributed by atoms with Crippen LogP contribution in [0.5, 0.6) is 5.88 Å². The van der Waals surface area contributed by atoms with Crippen LogP contribution >= 0.6 is 0 Å². The fourth-order valence-corrected chi connectivity index (χ4v) is 3.15. The number of aromatic nitrogens is 4. The van der Waals surface area contributed by atoms with Crippen LogP contribution in [0.2, 0.25) is 0 Å². The molecule has 0 aliphatic carbocycles. The lowest BCUT2D eigenvalue weighted by Crippen LogP contribution is -2.15. The average molecular weight is 401 g/mol. The maximum absolute atomic E-state index is 12.8. The summed E-state index contributed by atoms with van der Waals surface area (Å²) in [6, 6.07) is 14.9. The van der Waals surface area contributed by atoms with Crippen molar-refractivity contribution in [2.45, 2.75) is 26.2 Å². The maximum atomic E-state index is 12.8. The van der Waals surface area contributed by atoms with Crippen LogP contribution in [0.1, 0.15) is 36.7 Å². The van der Waals surface area contributed by atoms with Gasteiger partial charge in [-0.15, -0.1) is 0 Å². The van der Waals surface area contributed by atoms with Crippen molar-refractivity contribution in [3.63, 3.8) is 0 Å². The summed E-state index contributed by atoms with van der Waals surface area (Å²) >= 11 is 0. The Bertz CT molecular complexity index is 1190. The van der Waals surface area contributed by atoms with Gasteiger partial charge in [-0.25, -0.2) is 14.5 Å². The Kier molecular flexibility index (Phi) is 4.95. The molecule has 0 saturated carbocycles. The highest BCUT2D eigenvalue weighted by Gasteiger charge is 2.16. The van der Waals surface area contributed by atoms with Crippen LogP contribution in [0.4, 0.5) is 5.82 Å². The number of nitrogens with zero attached hydrogens (tertiary/aromatic N) is 4. The molecule has 0 bridgehead atoms. The van der Waals surface area contributed by atoms with Gasteiger partial charge in [-0.2, -0.15) is 5.10 Å². The van der Waals surface area contributed by atoms with Gasteiger partial charge in [-0.1, -0.05) is 32.9 Å². The first-order chi connectivity index (χ1) is 14.3. The lowest BCUT2D eigenvalue weighted by atomic mass is 9.87. The van der Waals surface area contributed by atoms with Crippen LogP contribution in [0.15, 0.2) is 60.9 Å². The molecule has 30 heavy (non-hydrogen) atoms. The minimum atomic E-state index is -0.217. The zero-order valence-electron chi connectivity index (χ0n) is 17.4. The molecule has 7 heteroatoms. The maximum Gasteiger partial charge on any atom is 0.256 e. The van der Waals surface area contributed by atoms with E-state index in [9.17, 15) is 4.79 Å². The Morgan fingerprint density at radius 3 is 2.47 bits per heavy atom. The zero-order valence-corrected chi connectivity index (χ0v) is 17.4. The van der Waals surface area contributed by atoms with E-state index in [4.69, 9.17) is 4.74 Å². The second kappa shape index (κ2) is 7.59. The number of anilines is 1. The average Bonchev–Trinajstić information content (AvgIpc) is 3.21. The summed E-state index contributed by atoms with van der Waals surface area (Å²) in [5, 5.41) is 7.23. The molecular weight excluding hydrogens is 378 g/mol. The Hall–Kier alpha value is -3.74. The van der Waals surface area contributed by atoms with Gasteiger partial charge in [0.25, 0.3) is 5.91 Å². The highest BCUT2D eigenvalue weighted by Crippen LogP contribution is 2.25. The molecule has 3 heterocycles. The molecule has 7 nitrogen and oxygen atoms in total. The van der Waals surface area contributed by atoms with Crippen LogP contribution in [-0.2, 0) is 5.41 Å². The molecule has 1 N–H and O–H groups in total. The minimum Gasteiger partial charge on any atom is -0.481 e. The predicted octanol–water partition coefficient (Wildman–Crippen LogP) is 4.35. The van der Waals surface area contributed by atoms with Gasteiger partial charge in [-0.3, -0.25) is 4.79 Å². The normalized spacial score (nSPS) is 11.5. The minimum absolute atomic E-state index is 0.0326. The Morgan fingerprint density at radius 2 is 1.83 bits per heavy atom. The fraction of sp³-hybridized carbons (Fsp3) is 0.217. The number of hydrogen-bond acceptors (Lipinski definition) is 5. The smallest absolute Gasteiger partial charge is 0.256 e. The van der Waals surface area contributed by atoms with Crippen molar-refractivity contribution in [2.24, 2.45) is 0 Å². The van der Waals surface area contributed by atoms with Crippen LogP contribution in [0.25, 0.3) is 16.9 Å². The lowest BCUT2D eigenvalue weighted by molar-refractivity contribution is 0.102. The molecule has 3 aromatic heterocycles. The molecule has 4 aromatic rings. The molecule has 0 fully saturated rings. The molecular formula is C23H23N5O2. The molecule has 1 amide bonds. The van der Waals surface area contributed by atoms with E-state index >= 15 is 0 Å². The van der Waals surface area contributed by atoms with Crippen LogP contribution in [-0.4, -0.2) is 32.6 Å². The second-order valence-corrected chi connectivity index (χ2v) is 8.00. The van der Waals surface area contributed by atoms with Crippen LogP contribution in [0, 0.1) is 0 Å². The summed E-state index contributed by atoms with van der Waals surface area (Å²) in [6.07, 6.45) is 3.37. The van der Waals surface area contributed by atoms with Gasteiger partial charge in [0.2, 0.25) is 5.88 Å². The predicted molar refractivity (Wildman–Crippen MR) is 116 cm³/mol. The van der Waals surface area contributed by atoms with Gasteiger partial charge in [-0.05, 0) is 29.2 Å². The number of benzene rings is 1. The first-order valence-corrected chi connectivity index (χ1v) is 9.62. The van der Waals surface area contributed by atoms with E-state index in [0.717, 1.165) is 11.3 Å². The number of methoxy groups -OCH3 is 1. The summed E-state index contributed by atoms with van der Waals surface area (Å²) in [7, 11) is 1.57. The first kappa shape index (κ1) is 19.6. The number of carbonyl (C=O) groups excluding carboxylic acids is 1. The van der Waals surface area contributed by atoms with Crippen molar-refractivity contribution in [3.05, 3.63) is 72.1 Å². The van der Waals surface area contributed by atoms with Crippen molar-refractivity contribution in [3.8, 4) is 17.1 Å². The van der Waals surface area contributed by atoms with E-state index in [-0.39, 0.29) is 11.3 Å². The van der Waals surface area contributed by atoms with Gasteiger partial charge in [0.1, 0.15) is 5.82 Å². The number of amides is 1. The van der Waals surface area contributed by atoms with Gasteiger partial charge in [0.15, 0.2) is 5.65 Å². The van der Waals surface area contributed by atoms with Crippen LogP contribution in [0.3, 0.4) is 0 Å². The summed E-state index contributed by atoms with van der Waals surface area (Å²) < 4.78 is 6.83. The van der Waals surface area contributed by atoms with Crippen LogP contribution < -0.4 is 10.1 Å². The summed E-state index contributed by atoms with van der Waals surface area (Å²) in [4.78, 5) is 21.5. The molecule has 0 spiro atoms. The Morgan fingerprint density at radius 1 is 1.07 bits per heavy atom. The number of nitrogens with one attached hydrogen (secondary N) is 1. The number of rotatable bonds is 4.